The van der Waals surface area contributed by atoms with Crippen LogP contribution in [0.25, 0.3) is 0 Å². The quantitative estimate of drug-likeness (QED) is 0.842. The van der Waals surface area contributed by atoms with E-state index in [4.69, 9.17) is 0 Å². The van der Waals surface area contributed by atoms with Crippen molar-refractivity contribution >= 4 is 17.8 Å². The highest BCUT2D eigenvalue weighted by atomic mass is 16.2. The largest absolute Gasteiger partial charge is 0.344 e. The number of amides is 4. The number of hydrogen-bond donors (Lipinski definition) is 1. The molecule has 1 aromatic rings. The van der Waals surface area contributed by atoms with Crippen LogP contribution in [0.3, 0.4) is 0 Å². The number of carbonyl (C=O) groups excluding carboxylic acids is 3. The van der Waals surface area contributed by atoms with Gasteiger partial charge in [-0.2, -0.15) is 0 Å². The van der Waals surface area contributed by atoms with Gasteiger partial charge in [0.05, 0.1) is 6.42 Å². The van der Waals surface area contributed by atoms with Crippen molar-refractivity contribution in [2.75, 3.05) is 40.3 Å². The molecule has 1 heterocycles. The van der Waals surface area contributed by atoms with Crippen LogP contribution < -0.4 is 5.32 Å². The fourth-order valence-corrected chi connectivity index (χ4v) is 3.12. The zero-order valence-corrected chi connectivity index (χ0v) is 16.6. The normalized spacial score (nSPS) is 15.4. The molecule has 4 amide bonds. The summed E-state index contributed by atoms with van der Waals surface area (Å²) >= 11 is 0. The maximum Gasteiger partial charge on any atom is 0.319 e. The molecule has 1 aromatic carbocycles. The average Bonchev–Trinajstić information content (AvgIpc) is 2.65. The topological polar surface area (TPSA) is 73.0 Å². The minimum absolute atomic E-state index is 0.0151. The average molecular weight is 374 g/mol. The van der Waals surface area contributed by atoms with Crippen molar-refractivity contribution in [3.8, 4) is 0 Å². The monoisotopic (exact) mass is 374 g/mol. The highest BCUT2D eigenvalue weighted by Crippen LogP contribution is 2.11. The predicted molar refractivity (Wildman–Crippen MR) is 104 cm³/mol. The fraction of sp³-hybridized carbons (Fsp3) is 0.550. The second-order valence-electron chi connectivity index (χ2n) is 7.44. The van der Waals surface area contributed by atoms with E-state index < -0.39 is 6.04 Å². The van der Waals surface area contributed by atoms with Gasteiger partial charge in [-0.3, -0.25) is 9.59 Å². The lowest BCUT2D eigenvalue weighted by Crippen LogP contribution is -2.58. The number of carbonyl (C=O) groups is 3. The Bertz CT molecular complexity index is 652. The molecule has 0 aliphatic carbocycles. The molecule has 2 rings (SSSR count). The Kier molecular flexibility index (Phi) is 7.21. The second-order valence-corrected chi connectivity index (χ2v) is 7.44. The second kappa shape index (κ2) is 9.39. The fourth-order valence-electron chi connectivity index (χ4n) is 3.12. The maximum atomic E-state index is 12.9. The third-order valence-corrected chi connectivity index (χ3v) is 4.70. The number of piperazine rings is 1. The van der Waals surface area contributed by atoms with Gasteiger partial charge in [0.2, 0.25) is 11.8 Å². The molecule has 1 aliphatic rings. The van der Waals surface area contributed by atoms with Gasteiger partial charge < -0.3 is 20.0 Å². The van der Waals surface area contributed by atoms with E-state index >= 15 is 0 Å². The first-order chi connectivity index (χ1) is 12.8. The third-order valence-electron chi connectivity index (χ3n) is 4.70. The van der Waals surface area contributed by atoms with Gasteiger partial charge in [-0.15, -0.1) is 0 Å². The molecule has 1 N–H and O–H groups in total. The maximum absolute atomic E-state index is 12.9. The van der Waals surface area contributed by atoms with Crippen molar-refractivity contribution in [1.82, 2.24) is 20.0 Å². The van der Waals surface area contributed by atoms with E-state index in [2.05, 4.69) is 5.32 Å². The van der Waals surface area contributed by atoms with Crippen molar-refractivity contribution in [3.05, 3.63) is 35.9 Å². The van der Waals surface area contributed by atoms with Crippen molar-refractivity contribution in [2.24, 2.45) is 5.92 Å². The van der Waals surface area contributed by atoms with Crippen LogP contribution in [-0.2, 0) is 16.0 Å². The summed E-state index contributed by atoms with van der Waals surface area (Å²) < 4.78 is 0. The van der Waals surface area contributed by atoms with E-state index in [1.165, 1.54) is 4.90 Å². The standard InChI is InChI=1S/C20H30N4O3/c1-15(2)18(21-17(25)14-16-8-6-5-7-9-16)19(26)23-10-12-24(13-11-23)20(27)22(3)4/h5-9,15,18H,10-14H2,1-4H3,(H,21,25). The third kappa shape index (κ3) is 5.70. The molecule has 1 unspecified atom stereocenters. The first-order valence-electron chi connectivity index (χ1n) is 9.38. The minimum Gasteiger partial charge on any atom is -0.344 e. The summed E-state index contributed by atoms with van der Waals surface area (Å²) in [6.07, 6.45) is 0.252. The Hall–Kier alpha value is -2.57. The van der Waals surface area contributed by atoms with E-state index in [9.17, 15) is 14.4 Å². The van der Waals surface area contributed by atoms with E-state index in [-0.39, 0.29) is 30.2 Å². The zero-order valence-electron chi connectivity index (χ0n) is 16.6. The summed E-state index contributed by atoms with van der Waals surface area (Å²) in [5, 5.41) is 2.90. The molecule has 7 nitrogen and oxygen atoms in total. The summed E-state index contributed by atoms with van der Waals surface area (Å²) in [5.41, 5.74) is 0.917. The van der Waals surface area contributed by atoms with Gasteiger partial charge in [0, 0.05) is 40.3 Å². The van der Waals surface area contributed by atoms with E-state index in [0.717, 1.165) is 5.56 Å². The molecule has 1 saturated heterocycles. The van der Waals surface area contributed by atoms with Gasteiger partial charge in [-0.25, -0.2) is 4.79 Å². The Morgan fingerprint density at radius 2 is 1.56 bits per heavy atom. The molecule has 0 saturated carbocycles. The summed E-state index contributed by atoms with van der Waals surface area (Å²) in [6, 6.07) is 8.88. The molecule has 0 spiro atoms. The lowest BCUT2D eigenvalue weighted by molar-refractivity contribution is -0.138. The van der Waals surface area contributed by atoms with Gasteiger partial charge in [-0.05, 0) is 11.5 Å². The number of nitrogens with zero attached hydrogens (tertiary/aromatic N) is 3. The van der Waals surface area contributed by atoms with Gasteiger partial charge in [-0.1, -0.05) is 44.2 Å². The Labute approximate surface area is 161 Å². The van der Waals surface area contributed by atoms with E-state index in [1.807, 2.05) is 44.2 Å². The summed E-state index contributed by atoms with van der Waals surface area (Å²) in [5.74, 6) is -0.253. The zero-order chi connectivity index (χ0) is 20.0. The summed E-state index contributed by atoms with van der Waals surface area (Å²) in [4.78, 5) is 42.4. The molecule has 7 heteroatoms. The van der Waals surface area contributed by atoms with Crippen LogP contribution in [0.5, 0.6) is 0 Å². The number of nitrogens with one attached hydrogen (secondary N) is 1. The first-order valence-corrected chi connectivity index (χ1v) is 9.38. The number of rotatable bonds is 5. The van der Waals surface area contributed by atoms with E-state index in [1.54, 1.807) is 23.9 Å². The molecule has 1 aliphatic heterocycles. The van der Waals surface area contributed by atoms with E-state index in [0.29, 0.717) is 26.2 Å². The predicted octanol–water partition coefficient (Wildman–Crippen LogP) is 1.20. The molecule has 148 valence electrons. The highest BCUT2D eigenvalue weighted by Gasteiger charge is 2.31. The first kappa shape index (κ1) is 20.7. The van der Waals surface area contributed by atoms with Crippen molar-refractivity contribution in [3.63, 3.8) is 0 Å². The van der Waals surface area contributed by atoms with Crippen LogP contribution in [0.4, 0.5) is 4.79 Å². The highest BCUT2D eigenvalue weighted by molar-refractivity contribution is 5.88. The lowest BCUT2D eigenvalue weighted by Gasteiger charge is -2.38. The van der Waals surface area contributed by atoms with Crippen LogP contribution >= 0.6 is 0 Å². The number of hydrogen-bond acceptors (Lipinski definition) is 3. The van der Waals surface area contributed by atoms with Crippen LogP contribution in [0.2, 0.25) is 0 Å². The molecule has 1 fully saturated rings. The molecule has 0 bridgehead atoms. The summed E-state index contributed by atoms with van der Waals surface area (Å²) in [7, 11) is 3.44. The Morgan fingerprint density at radius 3 is 2.07 bits per heavy atom. The van der Waals surface area contributed by atoms with Crippen molar-refractivity contribution in [1.29, 1.82) is 0 Å². The van der Waals surface area contributed by atoms with Crippen molar-refractivity contribution < 1.29 is 14.4 Å². The number of urea groups is 1. The van der Waals surface area contributed by atoms with Crippen LogP contribution in [0.15, 0.2) is 30.3 Å². The molecule has 27 heavy (non-hydrogen) atoms. The van der Waals surface area contributed by atoms with Crippen LogP contribution in [0.1, 0.15) is 19.4 Å². The van der Waals surface area contributed by atoms with Crippen LogP contribution in [-0.4, -0.2) is 78.9 Å². The lowest BCUT2D eigenvalue weighted by atomic mass is 10.0. The van der Waals surface area contributed by atoms with Crippen molar-refractivity contribution in [2.45, 2.75) is 26.3 Å². The van der Waals surface area contributed by atoms with Gasteiger partial charge in [0.1, 0.15) is 6.04 Å². The van der Waals surface area contributed by atoms with Gasteiger partial charge in [0.25, 0.3) is 0 Å². The molecule has 1 atom stereocenters. The Morgan fingerprint density at radius 1 is 1.00 bits per heavy atom. The van der Waals surface area contributed by atoms with Gasteiger partial charge >= 0.3 is 6.03 Å². The minimum atomic E-state index is -0.558. The summed E-state index contributed by atoms with van der Waals surface area (Å²) in [6.45, 7) is 5.83. The number of benzene rings is 1. The van der Waals surface area contributed by atoms with Gasteiger partial charge in [0.15, 0.2) is 0 Å². The molecule has 0 radical (unpaired) electrons. The SMILES string of the molecule is CC(C)C(NC(=O)Cc1ccccc1)C(=O)N1CCN(C(=O)N(C)C)CC1. The van der Waals surface area contributed by atoms with Crippen LogP contribution in [0, 0.1) is 5.92 Å². The molecular weight excluding hydrogens is 344 g/mol. The molecular formula is C20H30N4O3. The Balaban J connectivity index is 1.93. The smallest absolute Gasteiger partial charge is 0.319 e. The molecule has 0 aromatic heterocycles.